The molecule has 0 amide bonds. The van der Waals surface area contributed by atoms with Crippen molar-refractivity contribution in [2.45, 2.75) is 6.92 Å². The number of H-pyrrole nitrogens is 1. The molecule has 1 heterocycles. The van der Waals surface area contributed by atoms with Crippen LogP contribution in [0.2, 0.25) is 5.02 Å². The molecular formula is C13H12ClN5O. The van der Waals surface area contributed by atoms with Crippen LogP contribution in [0.5, 0.6) is 0 Å². The molecular weight excluding hydrogens is 278 g/mol. The largest absolute Gasteiger partial charge is 0.483 e. The first-order valence-electron chi connectivity index (χ1n) is 5.89. The van der Waals surface area contributed by atoms with Gasteiger partial charge in [-0.05, 0) is 25.1 Å². The van der Waals surface area contributed by atoms with Crippen molar-refractivity contribution in [1.82, 2.24) is 10.2 Å². The highest BCUT2D eigenvalue weighted by Crippen LogP contribution is 2.26. The maximum Gasteiger partial charge on any atom is 0.196 e. The molecule has 0 aliphatic carbocycles. The van der Waals surface area contributed by atoms with E-state index >= 15 is 0 Å². The lowest BCUT2D eigenvalue weighted by atomic mass is 10.3. The van der Waals surface area contributed by atoms with E-state index in [0.717, 1.165) is 5.69 Å². The number of nitrogens with zero attached hydrogens (tertiary/aromatic N) is 3. The zero-order chi connectivity index (χ0) is 14.4. The van der Waals surface area contributed by atoms with Gasteiger partial charge < -0.3 is 10.1 Å². The van der Waals surface area contributed by atoms with Crippen LogP contribution < -0.4 is 5.32 Å². The van der Waals surface area contributed by atoms with Gasteiger partial charge in [-0.25, -0.2) is 0 Å². The van der Waals surface area contributed by atoms with E-state index in [1.807, 2.05) is 19.1 Å². The highest BCUT2D eigenvalue weighted by molar-refractivity contribution is 6.30. The summed E-state index contributed by atoms with van der Waals surface area (Å²) in [6.07, 6.45) is 1.26. The van der Waals surface area contributed by atoms with Crippen LogP contribution in [0.4, 0.5) is 17.3 Å². The number of hydrogen-bond donors (Lipinski definition) is 2. The number of aliphatic imine (C=N–C) groups is 1. The van der Waals surface area contributed by atoms with E-state index in [1.165, 1.54) is 6.40 Å². The molecule has 20 heavy (non-hydrogen) atoms. The lowest BCUT2D eigenvalue weighted by molar-refractivity contribution is 0.344. The molecule has 0 saturated heterocycles. The van der Waals surface area contributed by atoms with Gasteiger partial charge >= 0.3 is 0 Å². The molecule has 1 aromatic heterocycles. The molecule has 0 radical (unpaired) electrons. The predicted molar refractivity (Wildman–Crippen MR) is 77.8 cm³/mol. The minimum Gasteiger partial charge on any atom is -0.483 e. The maximum absolute atomic E-state index is 9.19. The fraction of sp³-hybridized carbons (Fsp3) is 0.154. The van der Waals surface area contributed by atoms with E-state index in [2.05, 4.69) is 20.5 Å². The second-order valence-electron chi connectivity index (χ2n) is 3.73. The first kappa shape index (κ1) is 13.9. The maximum atomic E-state index is 9.19. The van der Waals surface area contributed by atoms with Crippen molar-refractivity contribution in [3.05, 3.63) is 34.9 Å². The first-order valence-corrected chi connectivity index (χ1v) is 6.27. The number of nitriles is 1. The summed E-state index contributed by atoms with van der Waals surface area (Å²) in [4.78, 5) is 3.97. The zero-order valence-corrected chi connectivity index (χ0v) is 11.5. The fourth-order valence-corrected chi connectivity index (χ4v) is 1.68. The van der Waals surface area contributed by atoms with Gasteiger partial charge in [0.25, 0.3) is 0 Å². The van der Waals surface area contributed by atoms with Gasteiger partial charge in [0.1, 0.15) is 17.5 Å². The van der Waals surface area contributed by atoms with E-state index in [-0.39, 0.29) is 5.82 Å². The fourth-order valence-electron chi connectivity index (χ4n) is 1.49. The number of nitrogens with one attached hydrogen (secondary N) is 2. The third kappa shape index (κ3) is 3.28. The van der Waals surface area contributed by atoms with Gasteiger partial charge in [-0.1, -0.05) is 17.7 Å². The average Bonchev–Trinajstić information content (AvgIpc) is 2.81. The number of aromatic amines is 1. The zero-order valence-electron chi connectivity index (χ0n) is 10.7. The summed E-state index contributed by atoms with van der Waals surface area (Å²) in [7, 11) is 0. The van der Waals surface area contributed by atoms with E-state index in [1.54, 1.807) is 18.2 Å². The first-order chi connectivity index (χ1) is 9.74. The molecule has 1 aromatic carbocycles. The molecule has 0 atom stereocenters. The minimum atomic E-state index is 0.269. The van der Waals surface area contributed by atoms with Gasteiger partial charge in [-0.3, -0.25) is 5.10 Å². The van der Waals surface area contributed by atoms with Gasteiger partial charge in [0, 0.05) is 10.7 Å². The molecule has 0 unspecified atom stereocenters. The Morgan fingerprint density at radius 2 is 2.45 bits per heavy atom. The van der Waals surface area contributed by atoms with Crippen molar-refractivity contribution >= 4 is 35.3 Å². The molecule has 2 N–H and O–H groups in total. The summed E-state index contributed by atoms with van der Waals surface area (Å²) < 4.78 is 4.99. The lowest BCUT2D eigenvalue weighted by Crippen LogP contribution is -1.92. The van der Waals surface area contributed by atoms with Crippen molar-refractivity contribution in [2.75, 3.05) is 11.9 Å². The Balaban J connectivity index is 2.23. The van der Waals surface area contributed by atoms with E-state index in [0.29, 0.717) is 23.0 Å². The second-order valence-corrected chi connectivity index (χ2v) is 4.17. The molecule has 0 aliphatic heterocycles. The standard InChI is InChI=1S/C13H12ClN5O/c1-2-20-8-16-12-11(7-15)13(19-18-12)17-10-5-3-4-9(14)6-10/h3-6,8H,2H2,1H3,(H2,17,18,19). The van der Waals surface area contributed by atoms with Crippen LogP contribution in [0, 0.1) is 11.3 Å². The van der Waals surface area contributed by atoms with Crippen LogP contribution in [0.1, 0.15) is 12.5 Å². The van der Waals surface area contributed by atoms with Crippen LogP contribution in [-0.4, -0.2) is 23.2 Å². The quantitative estimate of drug-likeness (QED) is 0.652. The monoisotopic (exact) mass is 289 g/mol. The molecule has 2 aromatic rings. The van der Waals surface area contributed by atoms with Gasteiger partial charge in [-0.15, -0.1) is 0 Å². The van der Waals surface area contributed by atoms with Crippen LogP contribution in [0.15, 0.2) is 29.3 Å². The van der Waals surface area contributed by atoms with Crippen molar-refractivity contribution < 1.29 is 4.74 Å². The van der Waals surface area contributed by atoms with Crippen LogP contribution >= 0.6 is 11.6 Å². The van der Waals surface area contributed by atoms with Crippen LogP contribution in [0.25, 0.3) is 0 Å². The third-order valence-electron chi connectivity index (χ3n) is 2.37. The normalized spacial score (nSPS) is 10.4. The highest BCUT2D eigenvalue weighted by Gasteiger charge is 2.12. The van der Waals surface area contributed by atoms with Gasteiger partial charge in [0.05, 0.1) is 6.61 Å². The molecule has 0 bridgehead atoms. The van der Waals surface area contributed by atoms with Crippen LogP contribution in [0.3, 0.4) is 0 Å². The van der Waals surface area contributed by atoms with Crippen molar-refractivity contribution in [3.8, 4) is 6.07 Å². The van der Waals surface area contributed by atoms with Gasteiger partial charge in [0.15, 0.2) is 12.2 Å². The van der Waals surface area contributed by atoms with E-state index in [9.17, 15) is 5.26 Å². The highest BCUT2D eigenvalue weighted by atomic mass is 35.5. The van der Waals surface area contributed by atoms with Crippen molar-refractivity contribution in [2.24, 2.45) is 4.99 Å². The molecule has 0 saturated carbocycles. The molecule has 0 aliphatic rings. The molecule has 7 heteroatoms. The minimum absolute atomic E-state index is 0.269. The summed E-state index contributed by atoms with van der Waals surface area (Å²) in [6, 6.07) is 9.19. The lowest BCUT2D eigenvalue weighted by Gasteiger charge is -2.03. The Morgan fingerprint density at radius 1 is 1.60 bits per heavy atom. The summed E-state index contributed by atoms with van der Waals surface area (Å²) in [5.74, 6) is 0.726. The van der Waals surface area contributed by atoms with Crippen LogP contribution in [-0.2, 0) is 4.74 Å². The van der Waals surface area contributed by atoms with Gasteiger partial charge in [-0.2, -0.15) is 15.4 Å². The molecule has 2 rings (SSSR count). The Morgan fingerprint density at radius 3 is 3.15 bits per heavy atom. The number of aromatic nitrogens is 2. The molecule has 0 fully saturated rings. The van der Waals surface area contributed by atoms with E-state index < -0.39 is 0 Å². The summed E-state index contributed by atoms with van der Waals surface area (Å²) >= 11 is 5.90. The Kier molecular flexibility index (Phi) is 4.58. The molecule has 6 nitrogen and oxygen atoms in total. The predicted octanol–water partition coefficient (Wildman–Crippen LogP) is 3.37. The van der Waals surface area contributed by atoms with Crippen molar-refractivity contribution in [1.29, 1.82) is 5.26 Å². The smallest absolute Gasteiger partial charge is 0.196 e. The number of rotatable bonds is 5. The summed E-state index contributed by atoms with van der Waals surface area (Å²) in [6.45, 7) is 2.34. The molecule has 102 valence electrons. The molecule has 0 spiro atoms. The van der Waals surface area contributed by atoms with E-state index in [4.69, 9.17) is 16.3 Å². The number of hydrogen-bond acceptors (Lipinski definition) is 5. The Bertz CT molecular complexity index is 659. The Hall–Kier alpha value is -2.52. The Labute approximate surface area is 121 Å². The van der Waals surface area contributed by atoms with Crippen molar-refractivity contribution in [3.63, 3.8) is 0 Å². The summed E-state index contributed by atoms with van der Waals surface area (Å²) in [5, 5.41) is 19.5. The number of benzene rings is 1. The summed E-state index contributed by atoms with van der Waals surface area (Å²) in [5.41, 5.74) is 1.05. The number of anilines is 2. The average molecular weight is 290 g/mol. The number of halogens is 1. The van der Waals surface area contributed by atoms with Gasteiger partial charge in [0.2, 0.25) is 0 Å². The topological polar surface area (TPSA) is 86.1 Å². The SMILES string of the molecule is CCOC=Nc1n[nH]c(Nc2cccc(Cl)c2)c1C#N. The second kappa shape index (κ2) is 6.59. The number of ether oxygens (including phenoxy) is 1. The third-order valence-corrected chi connectivity index (χ3v) is 2.60.